The van der Waals surface area contributed by atoms with Gasteiger partial charge in [0.05, 0.1) is 22.7 Å². The van der Waals surface area contributed by atoms with Crippen molar-refractivity contribution in [1.29, 1.82) is 0 Å². The first-order valence-electron chi connectivity index (χ1n) is 26.1. The summed E-state index contributed by atoms with van der Waals surface area (Å²) in [6.45, 7) is 13.0. The van der Waals surface area contributed by atoms with E-state index in [0.717, 1.165) is 117 Å². The first-order valence-corrected chi connectivity index (χ1v) is 26.1. The lowest BCUT2D eigenvalue weighted by molar-refractivity contribution is 0.478. The van der Waals surface area contributed by atoms with Crippen LogP contribution >= 0.6 is 0 Å². The number of benzene rings is 12. The predicted molar refractivity (Wildman–Crippen MR) is 318 cm³/mol. The summed E-state index contributed by atoms with van der Waals surface area (Å²) in [5.74, 6) is 0.221. The van der Waals surface area contributed by atoms with E-state index in [4.69, 9.17) is 4.42 Å². The molecule has 0 saturated heterocycles. The van der Waals surface area contributed by atoms with Gasteiger partial charge in [0.15, 0.2) is 5.58 Å². The molecule has 0 amide bonds. The Morgan fingerprint density at radius 1 is 0.360 bits per heavy atom. The molecule has 4 heteroatoms. The monoisotopic (exact) mass is 968 g/mol. The van der Waals surface area contributed by atoms with E-state index in [0.29, 0.717) is 5.69 Å². The summed E-state index contributed by atoms with van der Waals surface area (Å²) in [5.41, 5.74) is 21.0. The van der Waals surface area contributed by atoms with Gasteiger partial charge in [0.25, 0.3) is 0 Å². The Labute approximate surface area is 438 Å². The van der Waals surface area contributed by atoms with Gasteiger partial charge in [-0.1, -0.05) is 177 Å². The summed E-state index contributed by atoms with van der Waals surface area (Å²) in [6.07, 6.45) is 0.929. The molecule has 13 aromatic rings. The van der Waals surface area contributed by atoms with Crippen LogP contribution in [0.2, 0.25) is 0 Å². The molecule has 0 aliphatic rings. The van der Waals surface area contributed by atoms with Crippen molar-refractivity contribution < 1.29 is 9.52 Å². The highest BCUT2D eigenvalue weighted by molar-refractivity contribution is 6.28. The summed E-state index contributed by atoms with van der Waals surface area (Å²) >= 11 is 0. The van der Waals surface area contributed by atoms with E-state index in [2.05, 4.69) is 252 Å². The van der Waals surface area contributed by atoms with Crippen molar-refractivity contribution in [3.8, 4) is 39.1 Å². The molecule has 0 bridgehead atoms. The van der Waals surface area contributed by atoms with Gasteiger partial charge >= 0.3 is 0 Å². The fourth-order valence-corrected chi connectivity index (χ4v) is 11.8. The lowest BCUT2D eigenvalue weighted by atomic mass is 9.91. The Balaban J connectivity index is 1.04. The Bertz CT molecular complexity index is 4390. The van der Waals surface area contributed by atoms with Crippen molar-refractivity contribution >= 4 is 88.4 Å². The van der Waals surface area contributed by atoms with Gasteiger partial charge in [-0.2, -0.15) is 0 Å². The Morgan fingerprint density at radius 3 is 1.52 bits per heavy atom. The van der Waals surface area contributed by atoms with E-state index in [1.165, 1.54) is 38.6 Å². The second-order valence-corrected chi connectivity index (χ2v) is 20.4. The van der Waals surface area contributed by atoms with Crippen molar-refractivity contribution in [3.63, 3.8) is 0 Å². The molecule has 1 heterocycles. The number of phenols is 1. The molecule has 0 unspecified atom stereocenters. The van der Waals surface area contributed by atoms with Crippen LogP contribution in [0.1, 0.15) is 40.3 Å². The molecular weight excluding hydrogens is 913 g/mol. The zero-order valence-electron chi connectivity index (χ0n) is 43.2. The number of aryl methyl sites for hydroxylation is 6. The summed E-state index contributed by atoms with van der Waals surface area (Å²) in [5, 5.41) is 21.8. The minimum atomic E-state index is 0.221. The molecule has 0 spiro atoms. The molecule has 4 nitrogen and oxygen atoms in total. The fourth-order valence-electron chi connectivity index (χ4n) is 11.8. The van der Waals surface area contributed by atoms with Crippen LogP contribution in [0, 0.1) is 34.6 Å². The third kappa shape index (κ3) is 7.51. The van der Waals surface area contributed by atoms with Gasteiger partial charge in [-0.3, -0.25) is 0 Å². The van der Waals surface area contributed by atoms with Crippen LogP contribution in [0.5, 0.6) is 5.75 Å². The maximum atomic E-state index is 12.8. The molecule has 75 heavy (non-hydrogen) atoms. The zero-order chi connectivity index (χ0) is 51.1. The number of aromatic hydroxyl groups is 1. The van der Waals surface area contributed by atoms with Crippen molar-refractivity contribution in [1.82, 2.24) is 0 Å². The lowest BCUT2D eigenvalue weighted by Crippen LogP contribution is -2.13. The summed E-state index contributed by atoms with van der Waals surface area (Å²) in [7, 11) is 0. The highest BCUT2D eigenvalue weighted by Crippen LogP contribution is 2.52. The third-order valence-corrected chi connectivity index (χ3v) is 15.6. The van der Waals surface area contributed by atoms with Gasteiger partial charge < -0.3 is 19.3 Å². The standard InChI is InChI=1S/C71H56N2O2/c1-7-48-17-9-11-21-54(48)56-23-13-24-57-58-25-15-27-64(71(58)75-70(56)57)73(66-41-44(3)29-31-47(66)6)62-39-35-50-32-36-59-61(38-34-49-33-37-60(62)68(50)67(49)59)72(65-40-43(2)28-30-46(65)5)63-26-14-22-55(69(63)74)52-19-12-18-51(42-52)53-20-10-8-16-45(53)4/h8-42,74H,7H2,1-6H3. The maximum absolute atomic E-state index is 12.8. The van der Waals surface area contributed by atoms with Crippen LogP contribution in [0.3, 0.4) is 0 Å². The highest BCUT2D eigenvalue weighted by atomic mass is 16.3. The number of rotatable bonds is 10. The minimum absolute atomic E-state index is 0.221. The van der Waals surface area contributed by atoms with Crippen LogP contribution in [0.25, 0.3) is 87.6 Å². The fraction of sp³-hybridized carbons (Fsp3) is 0.0986. The number of hydrogen-bond donors (Lipinski definition) is 1. The van der Waals surface area contributed by atoms with E-state index in [-0.39, 0.29) is 5.75 Å². The Morgan fingerprint density at radius 2 is 0.867 bits per heavy atom. The summed E-state index contributed by atoms with van der Waals surface area (Å²) < 4.78 is 7.24. The molecule has 13 rings (SSSR count). The van der Waals surface area contributed by atoms with Crippen LogP contribution in [-0.2, 0) is 6.42 Å². The molecule has 1 aromatic heterocycles. The molecule has 0 saturated carbocycles. The van der Waals surface area contributed by atoms with Crippen LogP contribution < -0.4 is 9.80 Å². The summed E-state index contributed by atoms with van der Waals surface area (Å²) in [4.78, 5) is 4.70. The largest absolute Gasteiger partial charge is 0.505 e. The average Bonchev–Trinajstić information content (AvgIpc) is 3.85. The molecule has 0 aliphatic heterocycles. The van der Waals surface area contributed by atoms with E-state index >= 15 is 0 Å². The normalized spacial score (nSPS) is 11.7. The average molecular weight is 969 g/mol. The number of para-hydroxylation sites is 3. The highest BCUT2D eigenvalue weighted by Gasteiger charge is 2.27. The first kappa shape index (κ1) is 45.7. The molecule has 0 aliphatic carbocycles. The predicted octanol–water partition coefficient (Wildman–Crippen LogP) is 20.2. The number of phenolic OH excluding ortho intramolecular Hbond substituents is 1. The van der Waals surface area contributed by atoms with Crippen molar-refractivity contribution in [2.45, 2.75) is 48.0 Å². The summed E-state index contributed by atoms with van der Waals surface area (Å²) in [6, 6.07) is 76.4. The van der Waals surface area contributed by atoms with Gasteiger partial charge in [-0.15, -0.1) is 0 Å². The number of nitrogens with zero attached hydrogens (tertiary/aromatic N) is 2. The van der Waals surface area contributed by atoms with Crippen molar-refractivity contribution in [2.75, 3.05) is 9.80 Å². The van der Waals surface area contributed by atoms with Crippen molar-refractivity contribution in [3.05, 3.63) is 246 Å². The third-order valence-electron chi connectivity index (χ3n) is 15.6. The second kappa shape index (κ2) is 18.1. The number of anilines is 6. The van der Waals surface area contributed by atoms with E-state index < -0.39 is 0 Å². The van der Waals surface area contributed by atoms with Gasteiger partial charge in [0.1, 0.15) is 11.3 Å². The number of fused-ring (bicyclic) bond motifs is 3. The van der Waals surface area contributed by atoms with Crippen LogP contribution in [-0.4, -0.2) is 5.11 Å². The Hall–Kier alpha value is -9.12. The minimum Gasteiger partial charge on any atom is -0.505 e. The topological polar surface area (TPSA) is 39.9 Å². The maximum Gasteiger partial charge on any atom is 0.159 e. The van der Waals surface area contributed by atoms with E-state index in [9.17, 15) is 5.11 Å². The van der Waals surface area contributed by atoms with Gasteiger partial charge in [-0.25, -0.2) is 0 Å². The first-order chi connectivity index (χ1) is 36.6. The van der Waals surface area contributed by atoms with Crippen LogP contribution in [0.15, 0.2) is 217 Å². The quantitative estimate of drug-likeness (QED) is 0.139. The second-order valence-electron chi connectivity index (χ2n) is 20.4. The smallest absolute Gasteiger partial charge is 0.159 e. The molecule has 362 valence electrons. The molecule has 0 atom stereocenters. The van der Waals surface area contributed by atoms with E-state index in [1.807, 2.05) is 12.1 Å². The van der Waals surface area contributed by atoms with Crippen molar-refractivity contribution in [2.24, 2.45) is 0 Å². The van der Waals surface area contributed by atoms with Gasteiger partial charge in [-0.05, 0) is 161 Å². The molecule has 12 aromatic carbocycles. The molecule has 0 fully saturated rings. The van der Waals surface area contributed by atoms with Gasteiger partial charge in [0.2, 0.25) is 0 Å². The molecular formula is C71H56N2O2. The Kier molecular flexibility index (Phi) is 11.0. The number of furan rings is 1. The zero-order valence-corrected chi connectivity index (χ0v) is 43.2. The van der Waals surface area contributed by atoms with E-state index in [1.54, 1.807) is 0 Å². The molecule has 1 N–H and O–H groups in total. The van der Waals surface area contributed by atoms with Gasteiger partial charge in [0, 0.05) is 44.0 Å². The SMILES string of the molecule is CCc1ccccc1-c1cccc2c1oc1c(N(c3cc(C)ccc3C)c3ccc4ccc5c(N(c6cc(C)ccc6C)c6cccc(-c7cccc(-c8ccccc8C)c7)c6O)ccc6ccc3c4c65)cccc12. The lowest BCUT2D eigenvalue weighted by Gasteiger charge is -2.31. The van der Waals surface area contributed by atoms with Crippen LogP contribution in [0.4, 0.5) is 34.1 Å². The number of hydrogen-bond acceptors (Lipinski definition) is 4. The molecule has 0 radical (unpaired) electrons.